The van der Waals surface area contributed by atoms with Gasteiger partial charge in [-0.15, -0.1) is 0 Å². The fraction of sp³-hybridized carbons (Fsp3) is 0.250. The number of carbonyl (C=O) groups excluding carboxylic acids is 1. The monoisotopic (exact) mass is 205 g/mol. The van der Waals surface area contributed by atoms with Crippen molar-refractivity contribution >= 4 is 11.9 Å². The minimum Gasteiger partial charge on any atom is -0.507 e. The third kappa shape index (κ3) is 3.22. The molecule has 0 aliphatic rings. The molecule has 0 unspecified atom stereocenters. The number of hydrogen-bond donors (Lipinski definition) is 2. The zero-order valence-electron chi connectivity index (χ0n) is 8.73. The molecule has 0 amide bonds. The van der Waals surface area contributed by atoms with Crippen LogP contribution < -0.4 is 5.73 Å². The summed E-state index contributed by atoms with van der Waals surface area (Å²) in [7, 11) is 0. The van der Waals surface area contributed by atoms with Crippen LogP contribution in [0.2, 0.25) is 0 Å². The Morgan fingerprint density at radius 1 is 1.53 bits per heavy atom. The average molecular weight is 205 g/mol. The Hall–Kier alpha value is -1.61. The number of rotatable bonds is 4. The first kappa shape index (κ1) is 11.5. The maximum Gasteiger partial charge on any atom is 0.163 e. The minimum atomic E-state index is -0.134. The van der Waals surface area contributed by atoms with Gasteiger partial charge in [-0.25, -0.2) is 0 Å². The van der Waals surface area contributed by atoms with Gasteiger partial charge in [0.25, 0.3) is 0 Å². The lowest BCUT2D eigenvalue weighted by Crippen LogP contribution is -1.95. The summed E-state index contributed by atoms with van der Waals surface area (Å²) in [6.07, 6.45) is 4.61. The molecule has 0 radical (unpaired) electrons. The summed E-state index contributed by atoms with van der Waals surface area (Å²) in [6, 6.07) is 4.99. The second-order valence-electron chi connectivity index (χ2n) is 3.31. The Kier molecular flexibility index (Phi) is 4.06. The summed E-state index contributed by atoms with van der Waals surface area (Å²) in [5.74, 6) is -0.109. The van der Waals surface area contributed by atoms with Gasteiger partial charge in [0.05, 0.1) is 5.56 Å². The van der Waals surface area contributed by atoms with E-state index in [1.54, 1.807) is 18.2 Å². The number of aromatic hydroxyl groups is 1. The Balaban J connectivity index is 2.87. The first-order valence-corrected chi connectivity index (χ1v) is 4.85. The number of phenols is 1. The third-order valence-electron chi connectivity index (χ3n) is 2.04. The number of nitrogens with two attached hydrogens (primary N) is 1. The van der Waals surface area contributed by atoms with E-state index in [1.165, 1.54) is 6.92 Å². The third-order valence-corrected chi connectivity index (χ3v) is 2.04. The van der Waals surface area contributed by atoms with Crippen molar-refractivity contribution in [3.05, 3.63) is 35.4 Å². The van der Waals surface area contributed by atoms with Gasteiger partial charge in [0.15, 0.2) is 5.78 Å². The number of phenolic OH excluding ortho intramolecular Hbond substituents is 1. The topological polar surface area (TPSA) is 63.3 Å². The smallest absolute Gasteiger partial charge is 0.163 e. The lowest BCUT2D eigenvalue weighted by molar-refractivity contribution is 0.101. The van der Waals surface area contributed by atoms with Gasteiger partial charge in [0, 0.05) is 0 Å². The van der Waals surface area contributed by atoms with Crippen molar-refractivity contribution in [1.82, 2.24) is 0 Å². The summed E-state index contributed by atoms with van der Waals surface area (Å²) in [5.41, 5.74) is 6.56. The minimum absolute atomic E-state index is 0.0254. The van der Waals surface area contributed by atoms with Crippen molar-refractivity contribution in [2.24, 2.45) is 5.73 Å². The molecule has 1 rings (SSSR count). The average Bonchev–Trinajstić information content (AvgIpc) is 2.17. The number of ketones is 1. The van der Waals surface area contributed by atoms with Crippen LogP contribution in [0.25, 0.3) is 6.08 Å². The molecule has 3 heteroatoms. The predicted molar refractivity (Wildman–Crippen MR) is 60.8 cm³/mol. The van der Waals surface area contributed by atoms with Crippen LogP contribution in [0.3, 0.4) is 0 Å². The molecule has 0 atom stereocenters. The van der Waals surface area contributed by atoms with Gasteiger partial charge in [0.2, 0.25) is 0 Å². The van der Waals surface area contributed by atoms with E-state index in [1.807, 2.05) is 12.2 Å². The fourth-order valence-electron chi connectivity index (χ4n) is 1.27. The molecule has 0 saturated carbocycles. The number of benzene rings is 1. The van der Waals surface area contributed by atoms with Crippen LogP contribution in [0.4, 0.5) is 0 Å². The molecule has 3 nitrogen and oxygen atoms in total. The summed E-state index contributed by atoms with van der Waals surface area (Å²) < 4.78 is 0. The maximum absolute atomic E-state index is 11.0. The van der Waals surface area contributed by atoms with E-state index < -0.39 is 0 Å². The van der Waals surface area contributed by atoms with E-state index in [0.29, 0.717) is 12.1 Å². The molecule has 0 spiro atoms. The Bertz CT molecular complexity index is 383. The first-order chi connectivity index (χ1) is 7.15. The normalized spacial score (nSPS) is 10.8. The van der Waals surface area contributed by atoms with Gasteiger partial charge in [-0.1, -0.05) is 18.2 Å². The van der Waals surface area contributed by atoms with Crippen molar-refractivity contribution in [3.8, 4) is 5.75 Å². The quantitative estimate of drug-likeness (QED) is 0.738. The fourth-order valence-corrected chi connectivity index (χ4v) is 1.27. The van der Waals surface area contributed by atoms with Crippen LogP contribution in [0.15, 0.2) is 24.3 Å². The molecular formula is C12H15NO2. The van der Waals surface area contributed by atoms with Crippen LogP contribution in [-0.2, 0) is 0 Å². The van der Waals surface area contributed by atoms with Crippen molar-refractivity contribution in [1.29, 1.82) is 0 Å². The Labute approximate surface area is 89.2 Å². The molecular weight excluding hydrogens is 190 g/mol. The highest BCUT2D eigenvalue weighted by atomic mass is 16.3. The highest BCUT2D eigenvalue weighted by Gasteiger charge is 2.05. The van der Waals surface area contributed by atoms with Crippen LogP contribution in [-0.4, -0.2) is 17.4 Å². The highest BCUT2D eigenvalue weighted by Crippen LogP contribution is 2.20. The van der Waals surface area contributed by atoms with Crippen molar-refractivity contribution in [2.45, 2.75) is 13.3 Å². The van der Waals surface area contributed by atoms with E-state index >= 15 is 0 Å². The van der Waals surface area contributed by atoms with Gasteiger partial charge in [-0.3, -0.25) is 4.79 Å². The number of carbonyl (C=O) groups is 1. The van der Waals surface area contributed by atoms with Gasteiger partial charge in [-0.2, -0.15) is 0 Å². The van der Waals surface area contributed by atoms with Gasteiger partial charge in [0.1, 0.15) is 5.75 Å². The lowest BCUT2D eigenvalue weighted by atomic mass is 10.1. The van der Waals surface area contributed by atoms with E-state index in [2.05, 4.69) is 0 Å². The van der Waals surface area contributed by atoms with E-state index in [9.17, 15) is 9.90 Å². The summed E-state index contributed by atoms with van der Waals surface area (Å²) in [6.45, 7) is 2.03. The Morgan fingerprint density at radius 3 is 2.80 bits per heavy atom. The molecule has 1 aromatic rings. The molecule has 0 aliphatic heterocycles. The standard InChI is InChI=1S/C12H15NO2/c1-9(14)11-6-5-10(8-12(11)15)4-2-3-7-13/h2,4-6,8,15H,3,7,13H2,1H3. The summed E-state index contributed by atoms with van der Waals surface area (Å²) in [5, 5.41) is 9.54. The zero-order chi connectivity index (χ0) is 11.3. The molecule has 0 aromatic heterocycles. The van der Waals surface area contributed by atoms with Gasteiger partial charge in [-0.05, 0) is 37.6 Å². The second-order valence-corrected chi connectivity index (χ2v) is 3.31. The molecule has 0 fully saturated rings. The summed E-state index contributed by atoms with van der Waals surface area (Å²) >= 11 is 0. The predicted octanol–water partition coefficient (Wildman–Crippen LogP) is 1.96. The van der Waals surface area contributed by atoms with Crippen LogP contribution >= 0.6 is 0 Å². The molecule has 0 bridgehead atoms. The lowest BCUT2D eigenvalue weighted by Gasteiger charge is -2.01. The zero-order valence-corrected chi connectivity index (χ0v) is 8.73. The van der Waals surface area contributed by atoms with Crippen molar-refractivity contribution in [2.75, 3.05) is 6.54 Å². The number of Topliss-reactive ketones (excluding diaryl/α,β-unsaturated/α-hetero) is 1. The van der Waals surface area contributed by atoms with E-state index in [0.717, 1.165) is 12.0 Å². The van der Waals surface area contributed by atoms with Gasteiger partial charge < -0.3 is 10.8 Å². The molecule has 1 aromatic carbocycles. The molecule has 0 saturated heterocycles. The molecule has 3 N–H and O–H groups in total. The maximum atomic E-state index is 11.0. The second kappa shape index (κ2) is 5.32. The highest BCUT2D eigenvalue weighted by molar-refractivity contribution is 5.96. The van der Waals surface area contributed by atoms with Crippen LogP contribution in [0.5, 0.6) is 5.75 Å². The molecule has 0 heterocycles. The van der Waals surface area contributed by atoms with Crippen LogP contribution in [0, 0.1) is 0 Å². The molecule has 15 heavy (non-hydrogen) atoms. The van der Waals surface area contributed by atoms with E-state index in [-0.39, 0.29) is 11.5 Å². The van der Waals surface area contributed by atoms with E-state index in [4.69, 9.17) is 5.73 Å². The van der Waals surface area contributed by atoms with Crippen molar-refractivity contribution in [3.63, 3.8) is 0 Å². The largest absolute Gasteiger partial charge is 0.507 e. The summed E-state index contributed by atoms with van der Waals surface area (Å²) in [4.78, 5) is 11.0. The van der Waals surface area contributed by atoms with Gasteiger partial charge >= 0.3 is 0 Å². The van der Waals surface area contributed by atoms with Crippen molar-refractivity contribution < 1.29 is 9.90 Å². The molecule has 0 aliphatic carbocycles. The first-order valence-electron chi connectivity index (χ1n) is 4.85. The van der Waals surface area contributed by atoms with Crippen LogP contribution in [0.1, 0.15) is 29.3 Å². The Morgan fingerprint density at radius 2 is 2.27 bits per heavy atom. The SMILES string of the molecule is CC(=O)c1ccc(C=CCCN)cc1O. The number of hydrogen-bond acceptors (Lipinski definition) is 3. The molecule has 80 valence electrons.